The maximum absolute atomic E-state index is 11.2. The number of aromatic hydroxyl groups is 1. The minimum absolute atomic E-state index is 0.0346. The highest BCUT2D eigenvalue weighted by Gasteiger charge is 2.31. The molecule has 35 heavy (non-hydrogen) atoms. The zero-order chi connectivity index (χ0) is 27.4. The molecule has 0 radical (unpaired) electrons. The Morgan fingerprint density at radius 3 is 1.11 bits per heavy atom. The van der Waals surface area contributed by atoms with Crippen molar-refractivity contribution in [1.82, 2.24) is 0 Å². The molecule has 0 aliphatic heterocycles. The number of benzene rings is 2. The molecule has 3 heteroatoms. The van der Waals surface area contributed by atoms with Gasteiger partial charge in [-0.2, -0.15) is 0 Å². The highest BCUT2D eigenvalue weighted by Crippen LogP contribution is 2.43. The minimum Gasteiger partial charge on any atom is -0.544 e. The van der Waals surface area contributed by atoms with E-state index in [9.17, 15) is 5.11 Å². The molecule has 0 unspecified atom stereocenters. The van der Waals surface area contributed by atoms with Crippen molar-refractivity contribution in [1.29, 1.82) is 0 Å². The lowest BCUT2D eigenvalue weighted by atomic mass is 9.76. The summed E-state index contributed by atoms with van der Waals surface area (Å²) in [6.07, 6.45) is 0.825. The van der Waals surface area contributed by atoms with Gasteiger partial charge in [-0.15, -0.1) is 0 Å². The third-order valence-electron chi connectivity index (χ3n) is 6.37. The maximum Gasteiger partial charge on any atom is 0.242 e. The average molecular weight is 497 g/mol. The predicted octanol–water partition coefficient (Wildman–Crippen LogP) is 9.39. The first kappa shape index (κ1) is 29.5. The predicted molar refractivity (Wildman–Crippen MR) is 156 cm³/mol. The van der Waals surface area contributed by atoms with Crippen molar-refractivity contribution in [2.24, 2.45) is 0 Å². The lowest BCUT2D eigenvalue weighted by molar-refractivity contribution is 0.423. The third kappa shape index (κ3) is 7.38. The van der Waals surface area contributed by atoms with Crippen molar-refractivity contribution >= 4 is 8.32 Å². The van der Waals surface area contributed by atoms with E-state index in [2.05, 4.69) is 127 Å². The van der Waals surface area contributed by atoms with Crippen LogP contribution in [0, 0.1) is 0 Å². The van der Waals surface area contributed by atoms with Gasteiger partial charge in [0.05, 0.1) is 0 Å². The summed E-state index contributed by atoms with van der Waals surface area (Å²) in [5.41, 5.74) is 6.81. The molecule has 0 aliphatic rings. The van der Waals surface area contributed by atoms with E-state index in [1.807, 2.05) is 0 Å². The second kappa shape index (κ2) is 9.29. The molecule has 2 rings (SSSR count). The summed E-state index contributed by atoms with van der Waals surface area (Å²) in [5, 5.41) is 11.2. The fourth-order valence-corrected chi connectivity index (χ4v) is 5.33. The van der Waals surface area contributed by atoms with Crippen molar-refractivity contribution in [3.8, 4) is 11.5 Å². The van der Waals surface area contributed by atoms with Gasteiger partial charge < -0.3 is 9.53 Å². The first-order valence-electron chi connectivity index (χ1n) is 13.1. The fraction of sp³-hybridized carbons (Fsp3) is 0.625. The van der Waals surface area contributed by atoms with Crippen molar-refractivity contribution in [3.05, 3.63) is 57.6 Å². The van der Waals surface area contributed by atoms with Crippen LogP contribution in [0.1, 0.15) is 116 Å². The molecule has 0 spiro atoms. The summed E-state index contributed by atoms with van der Waals surface area (Å²) < 4.78 is 6.77. The van der Waals surface area contributed by atoms with E-state index in [-0.39, 0.29) is 21.7 Å². The van der Waals surface area contributed by atoms with Gasteiger partial charge in [-0.1, -0.05) is 107 Å². The Hall–Kier alpha value is -1.74. The molecule has 0 atom stereocenters. The summed E-state index contributed by atoms with van der Waals surface area (Å²) in [7, 11) is -1.80. The zero-order valence-corrected chi connectivity index (χ0v) is 26.4. The molecule has 0 aliphatic carbocycles. The molecule has 0 heterocycles. The van der Waals surface area contributed by atoms with Crippen molar-refractivity contribution < 1.29 is 9.53 Å². The third-order valence-corrected chi connectivity index (χ3v) is 7.18. The van der Waals surface area contributed by atoms with Crippen LogP contribution in [-0.4, -0.2) is 13.4 Å². The van der Waals surface area contributed by atoms with Crippen LogP contribution in [0.2, 0.25) is 19.6 Å². The standard InChI is InChI=1S/C32H52O2Si/c1-29(2,3)23-17-21(18-24(27(23)33)30(4,5)6)16-22-19-25(31(7,8)9)28(34-35(13,14)15)26(20-22)32(10,11)12/h17-20,33H,16H2,1-15H3. The van der Waals surface area contributed by atoms with Crippen molar-refractivity contribution in [3.63, 3.8) is 0 Å². The van der Waals surface area contributed by atoms with Crippen LogP contribution < -0.4 is 4.43 Å². The first-order chi connectivity index (χ1) is 15.4. The topological polar surface area (TPSA) is 29.5 Å². The quantitative estimate of drug-likeness (QED) is 0.427. The van der Waals surface area contributed by atoms with Gasteiger partial charge in [0.15, 0.2) is 0 Å². The number of hydrogen-bond acceptors (Lipinski definition) is 2. The van der Waals surface area contributed by atoms with Gasteiger partial charge in [-0.25, -0.2) is 0 Å². The summed E-state index contributed by atoms with van der Waals surface area (Å²) in [6, 6.07) is 9.16. The fourth-order valence-electron chi connectivity index (χ4n) is 4.50. The second-order valence-corrected chi connectivity index (χ2v) is 19.9. The smallest absolute Gasteiger partial charge is 0.242 e. The van der Waals surface area contributed by atoms with Crippen molar-refractivity contribution in [2.45, 2.75) is 131 Å². The highest BCUT2D eigenvalue weighted by molar-refractivity contribution is 6.70. The average Bonchev–Trinajstić information content (AvgIpc) is 2.59. The van der Waals surface area contributed by atoms with Crippen LogP contribution in [0.15, 0.2) is 24.3 Å². The van der Waals surface area contributed by atoms with E-state index >= 15 is 0 Å². The van der Waals surface area contributed by atoms with Gasteiger partial charge in [-0.05, 0) is 81.1 Å². The molecule has 2 aromatic rings. The van der Waals surface area contributed by atoms with E-state index < -0.39 is 8.32 Å². The molecule has 0 saturated carbocycles. The number of phenolic OH excluding ortho intramolecular Hbond substituents is 1. The van der Waals surface area contributed by atoms with Gasteiger partial charge in [0, 0.05) is 0 Å². The molecule has 2 nitrogen and oxygen atoms in total. The lowest BCUT2D eigenvalue weighted by Crippen LogP contribution is -2.33. The Morgan fingerprint density at radius 1 is 0.571 bits per heavy atom. The molecule has 0 bridgehead atoms. The van der Waals surface area contributed by atoms with Crippen LogP contribution in [0.3, 0.4) is 0 Å². The summed E-state index contributed by atoms with van der Waals surface area (Å²) >= 11 is 0. The van der Waals surface area contributed by atoms with Crippen LogP contribution in [0.4, 0.5) is 0 Å². The molecular weight excluding hydrogens is 444 g/mol. The van der Waals surface area contributed by atoms with Gasteiger partial charge in [0.25, 0.3) is 0 Å². The Bertz CT molecular complexity index is 989. The Kier molecular flexibility index (Phi) is 7.82. The van der Waals surface area contributed by atoms with Gasteiger partial charge in [0.1, 0.15) is 11.5 Å². The maximum atomic E-state index is 11.2. The molecule has 2 aromatic carbocycles. The van der Waals surface area contributed by atoms with Crippen LogP contribution in [-0.2, 0) is 28.1 Å². The van der Waals surface area contributed by atoms with Crippen LogP contribution in [0.25, 0.3) is 0 Å². The largest absolute Gasteiger partial charge is 0.544 e. The summed E-state index contributed by atoms with van der Waals surface area (Å²) in [5.74, 6) is 1.53. The second-order valence-electron chi connectivity index (χ2n) is 15.5. The highest BCUT2D eigenvalue weighted by atomic mass is 28.4. The Labute approximate surface area is 217 Å². The molecule has 1 N–H and O–H groups in total. The van der Waals surface area contributed by atoms with E-state index in [0.717, 1.165) is 23.3 Å². The summed E-state index contributed by atoms with van der Waals surface area (Å²) in [4.78, 5) is 0. The molecule has 0 fully saturated rings. The van der Waals surface area contributed by atoms with Gasteiger partial charge >= 0.3 is 0 Å². The van der Waals surface area contributed by atoms with E-state index in [1.165, 1.54) is 22.3 Å². The summed E-state index contributed by atoms with van der Waals surface area (Å²) in [6.45, 7) is 33.5. The minimum atomic E-state index is -1.80. The van der Waals surface area contributed by atoms with Gasteiger partial charge in [-0.3, -0.25) is 0 Å². The molecule has 0 aromatic heterocycles. The van der Waals surface area contributed by atoms with Crippen molar-refractivity contribution in [2.75, 3.05) is 0 Å². The monoisotopic (exact) mass is 496 g/mol. The van der Waals surface area contributed by atoms with Gasteiger partial charge in [0.2, 0.25) is 8.32 Å². The number of hydrogen-bond donors (Lipinski definition) is 1. The van der Waals surface area contributed by atoms with E-state index in [1.54, 1.807) is 0 Å². The number of phenols is 1. The normalized spacial score (nSPS) is 13.8. The SMILES string of the molecule is CC(C)(C)c1cc(Cc2cc(C(C)(C)C)c(O[Si](C)(C)C)c(C(C)(C)C)c2)cc(C(C)(C)C)c1O. The van der Waals surface area contributed by atoms with E-state index in [4.69, 9.17) is 4.43 Å². The lowest BCUT2D eigenvalue weighted by Gasteiger charge is -2.34. The number of rotatable bonds is 4. The molecule has 0 amide bonds. The Balaban J connectivity index is 2.81. The molecular formula is C32H52O2Si. The van der Waals surface area contributed by atoms with Crippen LogP contribution in [0.5, 0.6) is 11.5 Å². The van der Waals surface area contributed by atoms with E-state index in [0.29, 0.717) is 5.75 Å². The zero-order valence-electron chi connectivity index (χ0n) is 25.4. The van der Waals surface area contributed by atoms with Crippen LogP contribution >= 0.6 is 0 Å². The molecule has 0 saturated heterocycles. The molecule has 196 valence electrons. The first-order valence-corrected chi connectivity index (χ1v) is 16.6. The Morgan fingerprint density at radius 2 is 0.857 bits per heavy atom.